The van der Waals surface area contributed by atoms with Crippen LogP contribution in [0.5, 0.6) is 17.2 Å². The van der Waals surface area contributed by atoms with Gasteiger partial charge in [-0.05, 0) is 30.3 Å². The molecule has 3 amide bonds. The Bertz CT molecular complexity index is 1090. The highest BCUT2D eigenvalue weighted by Gasteiger charge is 2.26. The number of urea groups is 1. The van der Waals surface area contributed by atoms with Crippen molar-refractivity contribution in [3.8, 4) is 17.2 Å². The van der Waals surface area contributed by atoms with Crippen LogP contribution >= 0.6 is 11.6 Å². The molecule has 3 N–H and O–H groups in total. The smallest absolute Gasteiger partial charge is 0.341 e. The van der Waals surface area contributed by atoms with Gasteiger partial charge in [0, 0.05) is 28.8 Å². The lowest BCUT2D eigenvalue weighted by atomic mass is 10.2. The molecule has 0 unspecified atom stereocenters. The molecule has 0 spiro atoms. The van der Waals surface area contributed by atoms with Crippen molar-refractivity contribution < 1.29 is 27.9 Å². The first-order valence-electron chi connectivity index (χ1n) is 9.04. The number of rotatable bonds is 4. The van der Waals surface area contributed by atoms with Crippen LogP contribution < -0.4 is 20.5 Å². The number of phenols is 1. The van der Waals surface area contributed by atoms with E-state index in [-0.39, 0.29) is 30.2 Å². The SMILES string of the molecule is CCS(=O)(=O)CCC(=O)NNC(=O)N1Cc2ccc(O)cc2Oc2ccc(Cl)cc21. The third-order valence-corrected chi connectivity index (χ3v) is 6.39. The zero-order valence-electron chi connectivity index (χ0n) is 16.0. The Labute approximate surface area is 178 Å². The van der Waals surface area contributed by atoms with Gasteiger partial charge in [0.1, 0.15) is 11.5 Å². The number of aromatic hydroxyl groups is 1. The maximum absolute atomic E-state index is 12.8. The molecule has 3 rings (SSSR count). The summed E-state index contributed by atoms with van der Waals surface area (Å²) in [5, 5.41) is 10.1. The molecule has 160 valence electrons. The molecule has 2 aromatic rings. The monoisotopic (exact) mass is 453 g/mol. The van der Waals surface area contributed by atoms with Crippen LogP contribution in [0.15, 0.2) is 36.4 Å². The van der Waals surface area contributed by atoms with Crippen LogP contribution in [0.2, 0.25) is 5.02 Å². The number of fused-ring (bicyclic) bond motifs is 2. The maximum Gasteiger partial charge on any atom is 0.341 e. The average Bonchev–Trinajstić information content (AvgIpc) is 2.86. The second-order valence-electron chi connectivity index (χ2n) is 6.56. The molecule has 1 aliphatic heterocycles. The number of amides is 3. The van der Waals surface area contributed by atoms with E-state index in [1.807, 2.05) is 0 Å². The van der Waals surface area contributed by atoms with Crippen LogP contribution in [0.3, 0.4) is 0 Å². The summed E-state index contributed by atoms with van der Waals surface area (Å²) >= 11 is 6.08. The molecule has 30 heavy (non-hydrogen) atoms. The van der Waals surface area contributed by atoms with Crippen molar-refractivity contribution in [2.75, 3.05) is 16.4 Å². The van der Waals surface area contributed by atoms with Crippen molar-refractivity contribution >= 4 is 39.1 Å². The first kappa shape index (κ1) is 21.7. The summed E-state index contributed by atoms with van der Waals surface area (Å²) in [7, 11) is -3.30. The standard InChI is InChI=1S/C19H20ClN3O6S/c1-2-30(27,28)8-7-18(25)21-22-19(26)23-11-12-3-5-14(24)10-17(12)29-16-6-4-13(20)9-15(16)23/h3-6,9-10,24H,2,7-8,11H2,1H3,(H,21,25)(H,22,26). The lowest BCUT2D eigenvalue weighted by Gasteiger charge is -2.22. The molecule has 0 aliphatic carbocycles. The van der Waals surface area contributed by atoms with E-state index in [1.165, 1.54) is 30.0 Å². The minimum Gasteiger partial charge on any atom is -0.508 e. The van der Waals surface area contributed by atoms with Crippen LogP contribution in [-0.2, 0) is 21.2 Å². The van der Waals surface area contributed by atoms with Crippen molar-refractivity contribution in [2.24, 2.45) is 0 Å². The number of hydrazine groups is 1. The number of ether oxygens (including phenoxy) is 1. The molecule has 0 fully saturated rings. The predicted molar refractivity (Wildman–Crippen MR) is 111 cm³/mol. The minimum atomic E-state index is -3.30. The summed E-state index contributed by atoms with van der Waals surface area (Å²) in [5.41, 5.74) is 5.48. The molecular formula is C19H20ClN3O6S. The molecule has 9 nitrogen and oxygen atoms in total. The Hall–Kier alpha value is -2.98. The van der Waals surface area contributed by atoms with E-state index in [2.05, 4.69) is 10.9 Å². The zero-order valence-corrected chi connectivity index (χ0v) is 17.6. The molecule has 0 bridgehead atoms. The molecule has 0 saturated carbocycles. The molecular weight excluding hydrogens is 434 g/mol. The molecule has 1 aliphatic rings. The van der Waals surface area contributed by atoms with E-state index in [1.54, 1.807) is 18.2 Å². The average molecular weight is 454 g/mol. The fourth-order valence-corrected chi connectivity index (χ4v) is 3.71. The number of sulfone groups is 1. The van der Waals surface area contributed by atoms with Crippen molar-refractivity contribution in [1.82, 2.24) is 10.9 Å². The molecule has 0 radical (unpaired) electrons. The number of hydrogen-bond donors (Lipinski definition) is 3. The van der Waals surface area contributed by atoms with Gasteiger partial charge in [-0.2, -0.15) is 0 Å². The van der Waals surface area contributed by atoms with Gasteiger partial charge >= 0.3 is 6.03 Å². The number of phenolic OH excluding ortho intramolecular Hbond substituents is 1. The van der Waals surface area contributed by atoms with Gasteiger partial charge in [0.25, 0.3) is 0 Å². The van der Waals surface area contributed by atoms with Gasteiger partial charge in [-0.15, -0.1) is 0 Å². The van der Waals surface area contributed by atoms with Crippen molar-refractivity contribution in [3.05, 3.63) is 47.0 Å². The van der Waals surface area contributed by atoms with Gasteiger partial charge in [0.2, 0.25) is 5.91 Å². The van der Waals surface area contributed by atoms with Crippen molar-refractivity contribution in [3.63, 3.8) is 0 Å². The Morgan fingerprint density at radius 2 is 1.93 bits per heavy atom. The van der Waals surface area contributed by atoms with Gasteiger partial charge in [0.05, 0.1) is 18.0 Å². The summed E-state index contributed by atoms with van der Waals surface area (Å²) in [6, 6.07) is 8.58. The van der Waals surface area contributed by atoms with Crippen molar-refractivity contribution in [1.29, 1.82) is 0 Å². The summed E-state index contributed by atoms with van der Waals surface area (Å²) in [4.78, 5) is 26.0. The first-order valence-corrected chi connectivity index (χ1v) is 11.2. The second-order valence-corrected chi connectivity index (χ2v) is 9.47. The summed E-state index contributed by atoms with van der Waals surface area (Å²) in [6.45, 7) is 1.57. The fraction of sp³-hybridized carbons (Fsp3) is 0.263. The van der Waals surface area contributed by atoms with E-state index in [9.17, 15) is 23.1 Å². The highest BCUT2D eigenvalue weighted by Crippen LogP contribution is 2.41. The van der Waals surface area contributed by atoms with Gasteiger partial charge in [-0.3, -0.25) is 15.1 Å². The highest BCUT2D eigenvalue weighted by atomic mass is 35.5. The minimum absolute atomic E-state index is 0.0106. The molecule has 0 saturated heterocycles. The number of nitrogens with one attached hydrogen (secondary N) is 2. The number of carbonyl (C=O) groups excluding carboxylic acids is 2. The zero-order chi connectivity index (χ0) is 21.9. The third kappa shape index (κ3) is 5.14. The van der Waals surface area contributed by atoms with E-state index < -0.39 is 21.8 Å². The molecule has 0 aromatic heterocycles. The van der Waals surface area contributed by atoms with E-state index in [4.69, 9.17) is 16.3 Å². The molecule has 1 heterocycles. The van der Waals surface area contributed by atoms with Crippen LogP contribution in [-0.4, -0.2) is 37.0 Å². The van der Waals surface area contributed by atoms with Crippen LogP contribution in [0.25, 0.3) is 0 Å². The Morgan fingerprint density at radius 1 is 1.17 bits per heavy atom. The summed E-state index contributed by atoms with van der Waals surface area (Å²) < 4.78 is 28.9. The largest absolute Gasteiger partial charge is 0.508 e. The number of nitrogens with zero attached hydrogens (tertiary/aromatic N) is 1. The van der Waals surface area contributed by atoms with E-state index >= 15 is 0 Å². The number of benzene rings is 2. The topological polar surface area (TPSA) is 125 Å². The van der Waals surface area contributed by atoms with Crippen molar-refractivity contribution in [2.45, 2.75) is 19.9 Å². The first-order chi connectivity index (χ1) is 14.2. The Morgan fingerprint density at radius 3 is 2.67 bits per heavy atom. The Balaban J connectivity index is 1.78. The highest BCUT2D eigenvalue weighted by molar-refractivity contribution is 7.91. The van der Waals surface area contributed by atoms with Gasteiger partial charge < -0.3 is 9.84 Å². The second kappa shape index (κ2) is 8.80. The van der Waals surface area contributed by atoms with Crippen LogP contribution in [0, 0.1) is 0 Å². The van der Waals surface area contributed by atoms with Gasteiger partial charge in [0.15, 0.2) is 15.6 Å². The molecule has 11 heteroatoms. The number of anilines is 1. The quantitative estimate of drug-likeness (QED) is 0.611. The summed E-state index contributed by atoms with van der Waals surface area (Å²) in [6.07, 6.45) is -0.274. The van der Waals surface area contributed by atoms with Gasteiger partial charge in [-0.25, -0.2) is 18.6 Å². The van der Waals surface area contributed by atoms with Crippen LogP contribution in [0.4, 0.5) is 10.5 Å². The number of hydrogen-bond acceptors (Lipinski definition) is 6. The third-order valence-electron chi connectivity index (χ3n) is 4.44. The van der Waals surface area contributed by atoms with E-state index in [0.29, 0.717) is 27.8 Å². The Kier molecular flexibility index (Phi) is 6.37. The molecule has 2 aromatic carbocycles. The maximum atomic E-state index is 12.8. The molecule has 0 atom stereocenters. The lowest BCUT2D eigenvalue weighted by Crippen LogP contribution is -2.49. The normalized spacial score (nSPS) is 12.8. The number of carbonyl (C=O) groups is 2. The fourth-order valence-electron chi connectivity index (χ4n) is 2.76. The summed E-state index contributed by atoms with van der Waals surface area (Å²) in [5.74, 6) is -0.285. The predicted octanol–water partition coefficient (Wildman–Crippen LogP) is 2.72. The number of halogens is 1. The van der Waals surface area contributed by atoms with E-state index in [0.717, 1.165) is 0 Å². The lowest BCUT2D eigenvalue weighted by molar-refractivity contribution is -0.121. The van der Waals surface area contributed by atoms with Gasteiger partial charge in [-0.1, -0.05) is 18.5 Å². The van der Waals surface area contributed by atoms with Crippen LogP contribution in [0.1, 0.15) is 18.9 Å².